The van der Waals surface area contributed by atoms with Gasteiger partial charge in [-0.15, -0.1) is 0 Å². The third kappa shape index (κ3) is 2.06. The molecule has 3 rings (SSSR count). The molecule has 0 bridgehead atoms. The Kier molecular flexibility index (Phi) is 2.90. The summed E-state index contributed by atoms with van der Waals surface area (Å²) >= 11 is 0. The molecule has 0 aromatic heterocycles. The summed E-state index contributed by atoms with van der Waals surface area (Å²) in [5.41, 5.74) is 1.11. The zero-order chi connectivity index (χ0) is 13.6. The van der Waals surface area contributed by atoms with Crippen molar-refractivity contribution in [2.75, 3.05) is 0 Å². The van der Waals surface area contributed by atoms with E-state index in [0.717, 1.165) is 0 Å². The number of nitrogens with zero attached hydrogens (tertiary/aromatic N) is 1. The van der Waals surface area contributed by atoms with E-state index in [1.165, 1.54) is 18.4 Å². The first-order valence-corrected chi connectivity index (χ1v) is 7.16. The molecular formula is C16H22N2O. The van der Waals surface area contributed by atoms with Gasteiger partial charge in [0.2, 0.25) is 5.91 Å². The Bertz CT molecular complexity index is 479. The normalized spacial score (nSPS) is 27.9. The summed E-state index contributed by atoms with van der Waals surface area (Å²) in [6, 6.07) is 10.2. The molecule has 1 heterocycles. The molecule has 2 atom stereocenters. The van der Waals surface area contributed by atoms with Crippen LogP contribution in [0.1, 0.15) is 45.3 Å². The fourth-order valence-corrected chi connectivity index (χ4v) is 3.20. The minimum absolute atomic E-state index is 0.0132. The second kappa shape index (κ2) is 4.34. The van der Waals surface area contributed by atoms with Crippen molar-refractivity contribution in [2.24, 2.45) is 5.92 Å². The number of rotatable bonds is 3. The maximum atomic E-state index is 12.5. The van der Waals surface area contributed by atoms with Crippen LogP contribution in [0.2, 0.25) is 0 Å². The van der Waals surface area contributed by atoms with E-state index in [4.69, 9.17) is 0 Å². The highest BCUT2D eigenvalue weighted by Crippen LogP contribution is 2.46. The van der Waals surface area contributed by atoms with E-state index in [1.54, 1.807) is 0 Å². The van der Waals surface area contributed by atoms with E-state index in [9.17, 15) is 4.79 Å². The van der Waals surface area contributed by atoms with Gasteiger partial charge >= 0.3 is 0 Å². The third-order valence-electron chi connectivity index (χ3n) is 4.59. The molecule has 2 fully saturated rings. The molecule has 102 valence electrons. The summed E-state index contributed by atoms with van der Waals surface area (Å²) in [6.45, 7) is 6.37. The SMILES string of the molecule is CC1NC(c2ccccc2)N(C(C)(C)C2CC2)C1=O. The molecule has 0 spiro atoms. The number of nitrogens with one attached hydrogen (secondary N) is 1. The van der Waals surface area contributed by atoms with Crippen LogP contribution in [-0.4, -0.2) is 22.4 Å². The van der Waals surface area contributed by atoms with Gasteiger partial charge in [0, 0.05) is 5.54 Å². The van der Waals surface area contributed by atoms with E-state index in [-0.39, 0.29) is 23.7 Å². The number of amides is 1. The Morgan fingerprint density at radius 2 is 1.84 bits per heavy atom. The second-order valence-electron chi connectivity index (χ2n) is 6.34. The molecule has 1 aliphatic carbocycles. The van der Waals surface area contributed by atoms with Crippen molar-refractivity contribution in [3.05, 3.63) is 35.9 Å². The molecule has 1 aromatic carbocycles. The molecule has 1 saturated carbocycles. The number of carbonyl (C=O) groups is 1. The molecule has 1 amide bonds. The van der Waals surface area contributed by atoms with Crippen molar-refractivity contribution in [3.8, 4) is 0 Å². The van der Waals surface area contributed by atoms with Crippen molar-refractivity contribution >= 4 is 5.91 Å². The van der Waals surface area contributed by atoms with Gasteiger partial charge in [-0.1, -0.05) is 30.3 Å². The number of benzene rings is 1. The van der Waals surface area contributed by atoms with Crippen molar-refractivity contribution in [3.63, 3.8) is 0 Å². The van der Waals surface area contributed by atoms with Gasteiger partial charge in [0.1, 0.15) is 6.17 Å². The van der Waals surface area contributed by atoms with E-state index >= 15 is 0 Å². The smallest absolute Gasteiger partial charge is 0.241 e. The summed E-state index contributed by atoms with van der Waals surface area (Å²) in [6.07, 6.45) is 2.50. The Morgan fingerprint density at radius 1 is 1.21 bits per heavy atom. The van der Waals surface area contributed by atoms with Gasteiger partial charge in [-0.05, 0) is 45.1 Å². The van der Waals surface area contributed by atoms with E-state index in [1.807, 2.05) is 25.1 Å². The van der Waals surface area contributed by atoms with Gasteiger partial charge in [-0.3, -0.25) is 10.1 Å². The summed E-state index contributed by atoms with van der Waals surface area (Å²) in [5.74, 6) is 0.875. The Hall–Kier alpha value is -1.35. The topological polar surface area (TPSA) is 32.3 Å². The second-order valence-corrected chi connectivity index (χ2v) is 6.34. The van der Waals surface area contributed by atoms with Gasteiger partial charge in [0.05, 0.1) is 6.04 Å². The molecular weight excluding hydrogens is 236 g/mol. The van der Waals surface area contributed by atoms with Crippen LogP contribution >= 0.6 is 0 Å². The summed E-state index contributed by atoms with van der Waals surface area (Å²) < 4.78 is 0. The van der Waals surface area contributed by atoms with Gasteiger partial charge in [0.15, 0.2) is 0 Å². The molecule has 1 saturated heterocycles. The lowest BCUT2D eigenvalue weighted by Gasteiger charge is -2.40. The summed E-state index contributed by atoms with van der Waals surface area (Å²) in [4.78, 5) is 14.6. The van der Waals surface area contributed by atoms with Crippen LogP contribution in [-0.2, 0) is 4.79 Å². The first-order chi connectivity index (χ1) is 9.01. The van der Waals surface area contributed by atoms with Crippen LogP contribution in [0, 0.1) is 5.92 Å². The molecule has 19 heavy (non-hydrogen) atoms. The molecule has 2 unspecified atom stereocenters. The predicted octanol–water partition coefficient (Wildman–Crippen LogP) is 2.69. The maximum Gasteiger partial charge on any atom is 0.241 e. The molecule has 2 aliphatic rings. The molecule has 1 aliphatic heterocycles. The van der Waals surface area contributed by atoms with Crippen molar-refractivity contribution in [1.29, 1.82) is 0 Å². The summed E-state index contributed by atoms with van der Waals surface area (Å²) in [7, 11) is 0. The van der Waals surface area contributed by atoms with Crippen molar-refractivity contribution < 1.29 is 4.79 Å². The van der Waals surface area contributed by atoms with E-state index < -0.39 is 0 Å². The zero-order valence-corrected chi connectivity index (χ0v) is 11.9. The Morgan fingerprint density at radius 3 is 2.42 bits per heavy atom. The first kappa shape index (κ1) is 12.7. The maximum absolute atomic E-state index is 12.5. The third-order valence-corrected chi connectivity index (χ3v) is 4.59. The minimum atomic E-state index is -0.0942. The monoisotopic (exact) mass is 258 g/mol. The molecule has 0 radical (unpaired) electrons. The standard InChI is InChI=1S/C16H22N2O/c1-11-15(19)18(16(2,3)13-9-10-13)14(17-11)12-7-5-4-6-8-12/h4-8,11,13-14,17H,9-10H2,1-3H3. The van der Waals surface area contributed by atoms with Crippen molar-refractivity contribution in [1.82, 2.24) is 10.2 Å². The zero-order valence-electron chi connectivity index (χ0n) is 11.9. The average molecular weight is 258 g/mol. The van der Waals surface area contributed by atoms with E-state index in [0.29, 0.717) is 5.92 Å². The largest absolute Gasteiger partial charge is 0.316 e. The highest BCUT2D eigenvalue weighted by Gasteiger charge is 2.51. The molecule has 1 N–H and O–H groups in total. The quantitative estimate of drug-likeness (QED) is 0.904. The Balaban J connectivity index is 1.96. The first-order valence-electron chi connectivity index (χ1n) is 7.16. The fourth-order valence-electron chi connectivity index (χ4n) is 3.20. The van der Waals surface area contributed by atoms with E-state index in [2.05, 4.69) is 36.2 Å². The molecule has 3 nitrogen and oxygen atoms in total. The summed E-state index contributed by atoms with van der Waals surface area (Å²) in [5, 5.41) is 3.44. The van der Waals surface area contributed by atoms with Crippen LogP contribution in [0.25, 0.3) is 0 Å². The number of hydrogen-bond acceptors (Lipinski definition) is 2. The van der Waals surface area contributed by atoms with Gasteiger partial charge in [0.25, 0.3) is 0 Å². The molecule has 1 aromatic rings. The van der Waals surface area contributed by atoms with Gasteiger partial charge < -0.3 is 4.90 Å². The average Bonchev–Trinajstić information content (AvgIpc) is 3.19. The fraction of sp³-hybridized carbons (Fsp3) is 0.562. The Labute approximate surface area is 115 Å². The van der Waals surface area contributed by atoms with Crippen LogP contribution in [0.5, 0.6) is 0 Å². The highest BCUT2D eigenvalue weighted by molar-refractivity contribution is 5.85. The predicted molar refractivity (Wildman–Crippen MR) is 75.4 cm³/mol. The lowest BCUT2D eigenvalue weighted by Crippen LogP contribution is -2.49. The number of hydrogen-bond donors (Lipinski definition) is 1. The van der Waals surface area contributed by atoms with Crippen LogP contribution in [0.15, 0.2) is 30.3 Å². The highest BCUT2D eigenvalue weighted by atomic mass is 16.2. The van der Waals surface area contributed by atoms with Crippen LogP contribution in [0.4, 0.5) is 0 Å². The van der Waals surface area contributed by atoms with Gasteiger partial charge in [-0.25, -0.2) is 0 Å². The number of carbonyl (C=O) groups excluding carboxylic acids is 1. The van der Waals surface area contributed by atoms with Crippen molar-refractivity contribution in [2.45, 2.75) is 51.4 Å². The molecule has 3 heteroatoms. The minimum Gasteiger partial charge on any atom is -0.316 e. The lowest BCUT2D eigenvalue weighted by molar-refractivity contribution is -0.136. The van der Waals surface area contributed by atoms with Crippen LogP contribution < -0.4 is 5.32 Å². The lowest BCUT2D eigenvalue weighted by atomic mass is 9.94. The van der Waals surface area contributed by atoms with Crippen LogP contribution in [0.3, 0.4) is 0 Å². The van der Waals surface area contributed by atoms with Gasteiger partial charge in [-0.2, -0.15) is 0 Å².